The van der Waals surface area contributed by atoms with E-state index in [0.717, 1.165) is 11.0 Å². The topological polar surface area (TPSA) is 3.24 Å². The minimum Gasteiger partial charge on any atom is -0.281 e. The average molecular weight is 495 g/mol. The van der Waals surface area contributed by atoms with Crippen LogP contribution in [0.25, 0.3) is 5.57 Å². The summed E-state index contributed by atoms with van der Waals surface area (Å²) in [6.07, 6.45) is 2.37. The Kier molecular flexibility index (Phi) is 5.94. The Labute approximate surface area is 150 Å². The van der Waals surface area contributed by atoms with Gasteiger partial charge in [0.1, 0.15) is 0 Å². The smallest absolute Gasteiger partial charge is 0.0882 e. The van der Waals surface area contributed by atoms with Crippen molar-refractivity contribution >= 4 is 50.8 Å². The first-order chi connectivity index (χ1) is 9.45. The van der Waals surface area contributed by atoms with Crippen LogP contribution in [-0.2, 0) is 6.54 Å². The number of fused-ring (bicyclic) bond motifs is 1. The van der Waals surface area contributed by atoms with Gasteiger partial charge in [0.2, 0.25) is 0 Å². The van der Waals surface area contributed by atoms with Gasteiger partial charge in [-0.25, -0.2) is 0 Å². The van der Waals surface area contributed by atoms with Crippen LogP contribution in [0.3, 0.4) is 0 Å². The maximum atomic E-state index is 2.58. The predicted octanol–water partition coefficient (Wildman–Crippen LogP) is 5.82. The van der Waals surface area contributed by atoms with Gasteiger partial charge in [-0.15, -0.1) is 0 Å². The zero-order valence-corrected chi connectivity index (χ0v) is 17.0. The van der Waals surface area contributed by atoms with E-state index in [1.807, 2.05) is 0 Å². The minimum absolute atomic E-state index is 0.510. The highest BCUT2D eigenvalue weighted by molar-refractivity contribution is 14.1. The molecule has 0 radical (unpaired) electrons. The molecule has 0 spiro atoms. The molecule has 0 N–H and O–H groups in total. The molecule has 0 amide bonds. The monoisotopic (exact) mass is 495 g/mol. The van der Waals surface area contributed by atoms with Gasteiger partial charge in [0.05, 0.1) is 4.05 Å². The number of allylic oxidation sites excluding steroid dienone is 2. The van der Waals surface area contributed by atoms with Crippen LogP contribution >= 0.6 is 45.2 Å². The van der Waals surface area contributed by atoms with Crippen molar-refractivity contribution in [1.29, 1.82) is 0 Å². The van der Waals surface area contributed by atoms with Crippen LogP contribution in [0.5, 0.6) is 0 Å². The van der Waals surface area contributed by atoms with Crippen molar-refractivity contribution in [3.05, 3.63) is 41.0 Å². The molecule has 1 unspecified atom stereocenters. The Morgan fingerprint density at radius 2 is 2.05 bits per heavy atom. The van der Waals surface area contributed by atoms with E-state index >= 15 is 0 Å². The Balaban J connectivity index is 2.37. The van der Waals surface area contributed by atoms with Crippen molar-refractivity contribution in [2.24, 2.45) is 5.92 Å². The summed E-state index contributed by atoms with van der Waals surface area (Å²) < 4.78 is 1.59. The van der Waals surface area contributed by atoms with E-state index in [1.54, 1.807) is 0 Å². The number of halogens is 2. The molecule has 0 saturated carbocycles. The molecule has 0 bridgehead atoms. The maximum absolute atomic E-state index is 2.58. The number of alkyl halides is 2. The molecule has 1 aromatic carbocycles. The van der Waals surface area contributed by atoms with Gasteiger partial charge in [-0.3, -0.25) is 4.90 Å². The number of benzene rings is 1. The van der Waals surface area contributed by atoms with E-state index in [9.17, 15) is 0 Å². The molecule has 1 nitrogen and oxygen atoms in total. The molecular formula is C17H23I2N. The standard InChI is InChI=1S/C17H23I2N/c1-11(2)15(7-8-18)13-5-6-14-10-20(12(3)4)17(19)16(14)9-13/h5-7,9,11-12,17H,8,10H2,1-4H3/b15-7+. The highest BCUT2D eigenvalue weighted by atomic mass is 127. The molecule has 1 aliphatic rings. The van der Waals surface area contributed by atoms with Crippen molar-refractivity contribution in [2.75, 3.05) is 4.43 Å². The molecule has 1 aromatic rings. The number of hydrogen-bond acceptors (Lipinski definition) is 1. The summed E-state index contributed by atoms with van der Waals surface area (Å²) in [5.74, 6) is 0.582. The van der Waals surface area contributed by atoms with E-state index in [0.29, 0.717) is 16.0 Å². The van der Waals surface area contributed by atoms with E-state index in [2.05, 4.69) is 102 Å². The highest BCUT2D eigenvalue weighted by Crippen LogP contribution is 2.41. The van der Waals surface area contributed by atoms with Crippen molar-refractivity contribution in [3.63, 3.8) is 0 Å². The van der Waals surface area contributed by atoms with Crippen LogP contribution in [0.4, 0.5) is 0 Å². The van der Waals surface area contributed by atoms with E-state index in [4.69, 9.17) is 0 Å². The molecule has 1 aliphatic heterocycles. The van der Waals surface area contributed by atoms with Gasteiger partial charge in [0.25, 0.3) is 0 Å². The lowest BCUT2D eigenvalue weighted by molar-refractivity contribution is 0.230. The summed E-state index contributed by atoms with van der Waals surface area (Å²) in [6.45, 7) is 10.2. The van der Waals surface area contributed by atoms with Crippen LogP contribution in [0.15, 0.2) is 24.3 Å². The van der Waals surface area contributed by atoms with Gasteiger partial charge >= 0.3 is 0 Å². The van der Waals surface area contributed by atoms with E-state index in [-0.39, 0.29) is 0 Å². The van der Waals surface area contributed by atoms with Crippen molar-refractivity contribution in [3.8, 4) is 0 Å². The summed E-state index contributed by atoms with van der Waals surface area (Å²) >= 11 is 5.01. The van der Waals surface area contributed by atoms with Crippen LogP contribution < -0.4 is 0 Å². The van der Waals surface area contributed by atoms with Gasteiger partial charge in [0.15, 0.2) is 0 Å². The molecule has 0 saturated heterocycles. The minimum atomic E-state index is 0.510. The van der Waals surface area contributed by atoms with E-state index < -0.39 is 0 Å². The second-order valence-corrected chi connectivity index (χ2v) is 8.04. The Hall–Kier alpha value is 0.380. The Bertz CT molecular complexity index is 506. The lowest BCUT2D eigenvalue weighted by Gasteiger charge is -2.24. The molecule has 2 rings (SSSR count). The first-order valence-electron chi connectivity index (χ1n) is 7.24. The number of rotatable bonds is 4. The second-order valence-electron chi connectivity index (χ2n) is 5.98. The van der Waals surface area contributed by atoms with Crippen molar-refractivity contribution < 1.29 is 0 Å². The molecule has 0 fully saturated rings. The van der Waals surface area contributed by atoms with Gasteiger partial charge in [0, 0.05) is 17.0 Å². The summed E-state index contributed by atoms with van der Waals surface area (Å²) in [5.41, 5.74) is 5.90. The van der Waals surface area contributed by atoms with Crippen LogP contribution in [0, 0.1) is 5.92 Å². The predicted molar refractivity (Wildman–Crippen MR) is 106 cm³/mol. The second kappa shape index (κ2) is 7.09. The fraction of sp³-hybridized carbons (Fsp3) is 0.529. The molecule has 0 aliphatic carbocycles. The van der Waals surface area contributed by atoms with Gasteiger partial charge in [-0.05, 0) is 48.1 Å². The van der Waals surface area contributed by atoms with Crippen molar-refractivity contribution in [1.82, 2.24) is 4.90 Å². The molecule has 20 heavy (non-hydrogen) atoms. The van der Waals surface area contributed by atoms with Crippen LogP contribution in [0.2, 0.25) is 0 Å². The normalized spacial score (nSPS) is 20.0. The molecule has 110 valence electrons. The van der Waals surface area contributed by atoms with Gasteiger partial charge in [-0.1, -0.05) is 77.2 Å². The number of nitrogens with zero attached hydrogens (tertiary/aromatic N) is 1. The summed E-state index contributed by atoms with van der Waals surface area (Å²) in [6, 6.07) is 7.67. The molecular weight excluding hydrogens is 472 g/mol. The Morgan fingerprint density at radius 3 is 2.60 bits per heavy atom. The summed E-state index contributed by atoms with van der Waals surface area (Å²) in [7, 11) is 0. The average Bonchev–Trinajstić information content (AvgIpc) is 2.73. The highest BCUT2D eigenvalue weighted by Gasteiger charge is 2.30. The number of hydrogen-bond donors (Lipinski definition) is 0. The lowest BCUT2D eigenvalue weighted by atomic mass is 9.93. The molecule has 3 heteroatoms. The summed E-state index contributed by atoms with van der Waals surface area (Å²) in [4.78, 5) is 2.56. The third kappa shape index (κ3) is 3.40. The zero-order chi connectivity index (χ0) is 14.9. The quantitative estimate of drug-likeness (QED) is 0.289. The summed E-state index contributed by atoms with van der Waals surface area (Å²) in [5, 5.41) is 0. The van der Waals surface area contributed by atoms with Crippen LogP contribution in [-0.4, -0.2) is 15.4 Å². The van der Waals surface area contributed by atoms with Crippen LogP contribution in [0.1, 0.15) is 48.4 Å². The lowest BCUT2D eigenvalue weighted by Crippen LogP contribution is -2.26. The zero-order valence-electron chi connectivity index (χ0n) is 12.7. The van der Waals surface area contributed by atoms with E-state index in [1.165, 1.54) is 22.3 Å². The van der Waals surface area contributed by atoms with Gasteiger partial charge in [-0.2, -0.15) is 0 Å². The Morgan fingerprint density at radius 1 is 1.35 bits per heavy atom. The largest absolute Gasteiger partial charge is 0.281 e. The fourth-order valence-electron chi connectivity index (χ4n) is 2.81. The van der Waals surface area contributed by atoms with Crippen molar-refractivity contribution in [2.45, 2.75) is 44.3 Å². The molecule has 1 atom stereocenters. The third-order valence-electron chi connectivity index (χ3n) is 3.96. The molecule has 1 heterocycles. The SMILES string of the molecule is CC(C)/C(=C\CI)c1ccc2c(c1)C(I)N(C(C)C)C2. The first-order valence-corrected chi connectivity index (χ1v) is 10.0. The third-order valence-corrected chi connectivity index (χ3v) is 5.79. The molecule has 0 aromatic heterocycles. The fourth-order valence-corrected chi connectivity index (χ4v) is 4.70. The maximum Gasteiger partial charge on any atom is 0.0882 e. The van der Waals surface area contributed by atoms with Gasteiger partial charge < -0.3 is 0 Å². The first kappa shape index (κ1) is 16.7.